The van der Waals surface area contributed by atoms with Crippen LogP contribution in [0.15, 0.2) is 199 Å². The lowest BCUT2D eigenvalue weighted by Crippen LogP contribution is -2.01. The van der Waals surface area contributed by atoms with Crippen LogP contribution in [0.1, 0.15) is 0 Å². The van der Waals surface area contributed by atoms with Gasteiger partial charge in [-0.3, -0.25) is 0 Å². The Labute approximate surface area is 343 Å². The number of para-hydroxylation sites is 2. The molecule has 0 aliphatic rings. The molecule has 60 heavy (non-hydrogen) atoms. The van der Waals surface area contributed by atoms with Gasteiger partial charge in [0, 0.05) is 43.9 Å². The zero-order valence-corrected chi connectivity index (χ0v) is 32.2. The molecule has 13 aromatic rings. The van der Waals surface area contributed by atoms with Gasteiger partial charge in [0.25, 0.3) is 0 Å². The Balaban J connectivity index is 1.09. The monoisotopic (exact) mass is 764 g/mol. The lowest BCUT2D eigenvalue weighted by atomic mass is 9.97. The second-order valence-corrected chi connectivity index (χ2v) is 15.6. The lowest BCUT2D eigenvalue weighted by molar-refractivity contribution is 0.669. The Bertz CT molecular complexity index is 3900. The Morgan fingerprint density at radius 1 is 0.333 bits per heavy atom. The van der Waals surface area contributed by atoms with Crippen molar-refractivity contribution in [1.82, 2.24) is 19.5 Å². The number of hydrogen-bond donors (Lipinski definition) is 0. The van der Waals surface area contributed by atoms with E-state index in [1.165, 1.54) is 37.7 Å². The zero-order valence-electron chi connectivity index (χ0n) is 32.2. The van der Waals surface area contributed by atoms with Crippen molar-refractivity contribution in [3.05, 3.63) is 194 Å². The van der Waals surface area contributed by atoms with Gasteiger partial charge in [0.1, 0.15) is 11.2 Å². The van der Waals surface area contributed by atoms with Crippen LogP contribution >= 0.6 is 0 Å². The van der Waals surface area contributed by atoms with Gasteiger partial charge in [0.05, 0.1) is 11.0 Å². The van der Waals surface area contributed by atoms with Crippen LogP contribution in [0, 0.1) is 0 Å². The minimum Gasteiger partial charge on any atom is -0.456 e. The quantitative estimate of drug-likeness (QED) is 0.167. The fourth-order valence-corrected chi connectivity index (χ4v) is 9.37. The van der Waals surface area contributed by atoms with Crippen LogP contribution in [-0.4, -0.2) is 19.5 Å². The third kappa shape index (κ3) is 4.96. The van der Waals surface area contributed by atoms with Crippen molar-refractivity contribution in [3.8, 4) is 39.9 Å². The van der Waals surface area contributed by atoms with Crippen LogP contribution in [0.3, 0.4) is 0 Å². The summed E-state index contributed by atoms with van der Waals surface area (Å²) in [6.07, 6.45) is 0. The van der Waals surface area contributed by atoms with Crippen LogP contribution in [0.2, 0.25) is 0 Å². The minimum atomic E-state index is 0.584. The molecule has 0 amide bonds. The highest BCUT2D eigenvalue weighted by Gasteiger charge is 2.21. The zero-order chi connectivity index (χ0) is 39.3. The molecule has 3 heterocycles. The highest BCUT2D eigenvalue weighted by atomic mass is 16.3. The van der Waals surface area contributed by atoms with Crippen LogP contribution in [0.25, 0.3) is 127 Å². The number of furan rings is 1. The Hall–Kier alpha value is -8.15. The molecule has 13 rings (SSSR count). The fraction of sp³-hybridized carbons (Fsp3) is 0. The van der Waals surface area contributed by atoms with E-state index in [4.69, 9.17) is 19.4 Å². The summed E-state index contributed by atoms with van der Waals surface area (Å²) in [5.41, 5.74) is 7.73. The molecule has 10 aromatic carbocycles. The topological polar surface area (TPSA) is 56.7 Å². The second-order valence-electron chi connectivity index (χ2n) is 15.6. The molecule has 0 bridgehead atoms. The number of fused-ring (bicyclic) bond motifs is 12. The normalized spacial score (nSPS) is 12.0. The third-order valence-electron chi connectivity index (χ3n) is 12.2. The summed E-state index contributed by atoms with van der Waals surface area (Å²) in [5, 5.41) is 13.8. The predicted molar refractivity (Wildman–Crippen MR) is 248 cm³/mol. The van der Waals surface area contributed by atoms with E-state index < -0.39 is 0 Å². The number of hydrogen-bond acceptors (Lipinski definition) is 4. The smallest absolute Gasteiger partial charge is 0.164 e. The first kappa shape index (κ1) is 32.9. The van der Waals surface area contributed by atoms with Gasteiger partial charge in [-0.1, -0.05) is 146 Å². The molecule has 5 heteroatoms. The van der Waals surface area contributed by atoms with Crippen LogP contribution in [-0.2, 0) is 0 Å². The maximum Gasteiger partial charge on any atom is 0.164 e. The third-order valence-corrected chi connectivity index (χ3v) is 12.2. The first-order valence-corrected chi connectivity index (χ1v) is 20.3. The highest BCUT2D eigenvalue weighted by Crippen LogP contribution is 2.42. The Morgan fingerprint density at radius 3 is 1.83 bits per heavy atom. The number of aromatic nitrogens is 4. The van der Waals surface area contributed by atoms with Gasteiger partial charge in [-0.05, 0) is 91.6 Å². The van der Waals surface area contributed by atoms with E-state index in [1.54, 1.807) is 0 Å². The van der Waals surface area contributed by atoms with E-state index in [0.717, 1.165) is 71.5 Å². The van der Waals surface area contributed by atoms with Gasteiger partial charge in [-0.15, -0.1) is 0 Å². The van der Waals surface area contributed by atoms with Crippen LogP contribution < -0.4 is 0 Å². The van der Waals surface area contributed by atoms with E-state index >= 15 is 0 Å². The molecule has 0 fully saturated rings. The highest BCUT2D eigenvalue weighted by molar-refractivity contribution is 6.22. The molecule has 0 saturated carbocycles. The molecule has 0 spiro atoms. The largest absolute Gasteiger partial charge is 0.456 e. The van der Waals surface area contributed by atoms with Gasteiger partial charge in [0.15, 0.2) is 17.5 Å². The van der Waals surface area contributed by atoms with Crippen molar-refractivity contribution in [1.29, 1.82) is 0 Å². The predicted octanol–water partition coefficient (Wildman–Crippen LogP) is 14.5. The summed E-state index contributed by atoms with van der Waals surface area (Å²) in [4.78, 5) is 15.7. The second kappa shape index (κ2) is 12.7. The summed E-state index contributed by atoms with van der Waals surface area (Å²) in [6, 6.07) is 68.7. The molecule has 5 nitrogen and oxygen atoms in total. The molecule has 278 valence electrons. The van der Waals surface area contributed by atoms with E-state index in [2.05, 4.69) is 168 Å². The summed E-state index contributed by atoms with van der Waals surface area (Å²) < 4.78 is 9.08. The molecule has 0 aliphatic heterocycles. The first-order chi connectivity index (χ1) is 29.7. The molecule has 0 N–H and O–H groups in total. The van der Waals surface area contributed by atoms with Crippen molar-refractivity contribution in [2.75, 3.05) is 0 Å². The maximum absolute atomic E-state index is 6.68. The maximum atomic E-state index is 6.68. The number of nitrogens with zero attached hydrogens (tertiary/aromatic N) is 4. The minimum absolute atomic E-state index is 0.584. The van der Waals surface area contributed by atoms with Crippen LogP contribution in [0.5, 0.6) is 0 Å². The molecule has 0 aliphatic carbocycles. The van der Waals surface area contributed by atoms with Crippen molar-refractivity contribution in [2.45, 2.75) is 0 Å². The van der Waals surface area contributed by atoms with E-state index in [9.17, 15) is 0 Å². The van der Waals surface area contributed by atoms with Gasteiger partial charge in [-0.25, -0.2) is 15.0 Å². The van der Waals surface area contributed by atoms with E-state index in [-0.39, 0.29) is 0 Å². The first-order valence-electron chi connectivity index (χ1n) is 20.3. The SMILES string of the molecule is c1ccc(-c2nc(-c3ccc4ccc5ccccc5c4c3)nc(-c3cc4oc5ccccc5c4c4cc(-n5c6ccccc6c6cc7ccccc7cc65)ccc34)n2)cc1. The average molecular weight is 765 g/mol. The molecule has 0 radical (unpaired) electrons. The molecular weight excluding hydrogens is 733 g/mol. The van der Waals surface area contributed by atoms with Gasteiger partial charge in [0.2, 0.25) is 0 Å². The number of rotatable bonds is 4. The van der Waals surface area contributed by atoms with Crippen LogP contribution in [0.4, 0.5) is 0 Å². The van der Waals surface area contributed by atoms with Crippen molar-refractivity contribution >= 4 is 86.8 Å². The average Bonchev–Trinajstić information content (AvgIpc) is 3.85. The Kier molecular flexibility index (Phi) is 6.95. The number of benzene rings is 10. The standard InChI is InChI=1S/C55H32N4O/c1-2-13-35(14-3-1)53-56-54(38-25-24-34-23-22-33-12-6-7-17-40(33)44(34)29-38)58-55(57-53)47-32-51-52(43-19-9-11-21-50(43)60-51)46-31-39(26-27-41(46)47)59-48-20-10-8-18-42(48)45-28-36-15-4-5-16-37(36)30-49(45)59/h1-32H. The molecule has 0 unspecified atom stereocenters. The Morgan fingerprint density at radius 2 is 0.983 bits per heavy atom. The lowest BCUT2D eigenvalue weighted by Gasteiger charge is -2.14. The molecule has 0 saturated heterocycles. The fourth-order valence-electron chi connectivity index (χ4n) is 9.37. The van der Waals surface area contributed by atoms with Crippen molar-refractivity contribution < 1.29 is 4.42 Å². The summed E-state index contributed by atoms with van der Waals surface area (Å²) in [5.74, 6) is 1.81. The summed E-state index contributed by atoms with van der Waals surface area (Å²) >= 11 is 0. The molecule has 0 atom stereocenters. The van der Waals surface area contributed by atoms with Crippen molar-refractivity contribution in [3.63, 3.8) is 0 Å². The van der Waals surface area contributed by atoms with E-state index in [1.807, 2.05) is 30.3 Å². The molecular formula is C55H32N4O. The van der Waals surface area contributed by atoms with Gasteiger partial charge >= 0.3 is 0 Å². The van der Waals surface area contributed by atoms with Crippen molar-refractivity contribution in [2.24, 2.45) is 0 Å². The van der Waals surface area contributed by atoms with E-state index in [0.29, 0.717) is 17.5 Å². The summed E-state index contributed by atoms with van der Waals surface area (Å²) in [6.45, 7) is 0. The molecule has 3 aromatic heterocycles. The van der Waals surface area contributed by atoms with Gasteiger partial charge < -0.3 is 8.98 Å². The van der Waals surface area contributed by atoms with Gasteiger partial charge in [-0.2, -0.15) is 0 Å². The summed E-state index contributed by atoms with van der Waals surface area (Å²) in [7, 11) is 0.